The summed E-state index contributed by atoms with van der Waals surface area (Å²) in [5.74, 6) is -1.23. The van der Waals surface area contributed by atoms with Gasteiger partial charge in [0.2, 0.25) is 0 Å². The van der Waals surface area contributed by atoms with Crippen LogP contribution in [0.5, 0.6) is 0 Å². The summed E-state index contributed by atoms with van der Waals surface area (Å²) in [6.45, 7) is 7.67. The Labute approximate surface area is 185 Å². The number of carboxylic acids is 2. The molecule has 3 heterocycles. The van der Waals surface area contributed by atoms with Gasteiger partial charge in [0.25, 0.3) is 5.91 Å². The van der Waals surface area contributed by atoms with Crippen molar-refractivity contribution in [3.05, 3.63) is 28.7 Å². The highest BCUT2D eigenvalue weighted by Crippen LogP contribution is 2.34. The van der Waals surface area contributed by atoms with Crippen LogP contribution in [0.15, 0.2) is 22.4 Å². The van der Waals surface area contributed by atoms with Gasteiger partial charge >= 0.3 is 11.9 Å². The van der Waals surface area contributed by atoms with Gasteiger partial charge in [-0.1, -0.05) is 6.42 Å². The van der Waals surface area contributed by atoms with Crippen molar-refractivity contribution in [3.63, 3.8) is 0 Å². The molecule has 2 aliphatic heterocycles. The average molecular weight is 455 g/mol. The molecule has 0 aromatic carbocycles. The molecule has 1 fully saturated rings. The second-order valence-electron chi connectivity index (χ2n) is 7.32. The number of carbonyl (C=O) groups excluding carboxylic acids is 1. The molecule has 1 aromatic rings. The number of aryl methyl sites for hydroxylation is 1. The molecule has 0 unspecified atom stereocenters. The van der Waals surface area contributed by atoms with Crippen LogP contribution in [0.2, 0.25) is 0 Å². The second kappa shape index (κ2) is 12.8. The number of hydrogen-bond donors (Lipinski definition) is 2. The number of nitrogens with zero attached hydrogens (tertiary/aromatic N) is 2. The molecule has 1 aromatic heterocycles. The van der Waals surface area contributed by atoms with E-state index in [0.717, 1.165) is 30.8 Å². The lowest BCUT2D eigenvalue weighted by Gasteiger charge is -2.27. The van der Waals surface area contributed by atoms with Gasteiger partial charge in [0.1, 0.15) is 0 Å². The Hall–Kier alpha value is -1.84. The maximum Gasteiger partial charge on any atom is 0.328 e. The number of hydrogen-bond acceptors (Lipinski definition) is 6. The number of fused-ring (bicyclic) bond motifs is 1. The number of aliphatic carboxylic acids is 2. The second-order valence-corrected chi connectivity index (χ2v) is 9.94. The van der Waals surface area contributed by atoms with Gasteiger partial charge in [0.15, 0.2) is 0 Å². The highest BCUT2D eigenvalue weighted by atomic mass is 32.2. The van der Waals surface area contributed by atoms with Crippen LogP contribution in [-0.4, -0.2) is 76.3 Å². The van der Waals surface area contributed by atoms with Crippen LogP contribution in [-0.2, 0) is 9.59 Å². The highest BCUT2D eigenvalue weighted by Gasteiger charge is 2.24. The topological polar surface area (TPSA) is 98.2 Å². The third-order valence-corrected chi connectivity index (χ3v) is 7.22. The van der Waals surface area contributed by atoms with Crippen LogP contribution in [0.4, 0.5) is 0 Å². The number of thioether (sulfide) groups is 1. The van der Waals surface area contributed by atoms with Crippen LogP contribution in [0.25, 0.3) is 0 Å². The number of thiophene rings is 1. The third kappa shape index (κ3) is 8.49. The molecule has 166 valence electrons. The van der Waals surface area contributed by atoms with Gasteiger partial charge in [-0.3, -0.25) is 4.79 Å². The Morgan fingerprint density at radius 1 is 1.03 bits per heavy atom. The Bertz CT molecular complexity index is 741. The van der Waals surface area contributed by atoms with Crippen LogP contribution in [0.1, 0.15) is 47.3 Å². The van der Waals surface area contributed by atoms with Crippen molar-refractivity contribution in [1.82, 2.24) is 9.80 Å². The van der Waals surface area contributed by atoms with Gasteiger partial charge < -0.3 is 20.0 Å². The molecular weight excluding hydrogens is 424 g/mol. The van der Waals surface area contributed by atoms with Gasteiger partial charge in [-0.15, -0.1) is 23.1 Å². The molecule has 2 aliphatic rings. The summed E-state index contributed by atoms with van der Waals surface area (Å²) in [4.78, 5) is 37.7. The third-order valence-electron chi connectivity index (χ3n) is 4.90. The van der Waals surface area contributed by atoms with Crippen LogP contribution < -0.4 is 0 Å². The summed E-state index contributed by atoms with van der Waals surface area (Å²) in [6, 6.07) is 2.07. The Kier molecular flexibility index (Phi) is 10.4. The highest BCUT2D eigenvalue weighted by molar-refractivity contribution is 8.01. The molecule has 0 saturated carbocycles. The van der Waals surface area contributed by atoms with E-state index in [0.29, 0.717) is 12.2 Å². The fourth-order valence-electron chi connectivity index (χ4n) is 3.45. The van der Waals surface area contributed by atoms with Crippen LogP contribution >= 0.6 is 23.1 Å². The van der Waals surface area contributed by atoms with Crippen molar-refractivity contribution >= 4 is 40.9 Å². The van der Waals surface area contributed by atoms with Crippen LogP contribution in [0, 0.1) is 6.92 Å². The Morgan fingerprint density at radius 2 is 1.67 bits per heavy atom. The van der Waals surface area contributed by atoms with Gasteiger partial charge in [0, 0.05) is 35.9 Å². The van der Waals surface area contributed by atoms with Gasteiger partial charge in [0.05, 0.1) is 9.77 Å². The van der Waals surface area contributed by atoms with Crippen molar-refractivity contribution in [2.24, 2.45) is 0 Å². The molecule has 9 heteroatoms. The van der Waals surface area contributed by atoms with E-state index < -0.39 is 11.9 Å². The molecule has 1 saturated heterocycles. The van der Waals surface area contributed by atoms with Crippen molar-refractivity contribution < 1.29 is 24.6 Å². The van der Waals surface area contributed by atoms with E-state index in [1.165, 1.54) is 54.4 Å². The molecular formula is C21H30N2O5S2. The number of unbranched alkanes of at least 4 members (excludes halogenated alkanes) is 1. The van der Waals surface area contributed by atoms with Gasteiger partial charge in [-0.2, -0.15) is 0 Å². The number of piperidine rings is 1. The molecule has 3 rings (SSSR count). The quantitative estimate of drug-likeness (QED) is 0.480. The van der Waals surface area contributed by atoms with Crippen molar-refractivity contribution in [1.29, 1.82) is 0 Å². The first kappa shape index (κ1) is 24.4. The number of amides is 1. The Balaban J connectivity index is 0.000000343. The molecule has 0 bridgehead atoms. The lowest BCUT2D eigenvalue weighted by Crippen LogP contribution is -2.34. The predicted molar refractivity (Wildman–Crippen MR) is 120 cm³/mol. The first-order chi connectivity index (χ1) is 14.4. The Morgan fingerprint density at radius 3 is 2.30 bits per heavy atom. The molecule has 0 aliphatic carbocycles. The van der Waals surface area contributed by atoms with Crippen LogP contribution in [0.3, 0.4) is 0 Å². The van der Waals surface area contributed by atoms with Crippen molar-refractivity contribution in [3.8, 4) is 0 Å². The summed E-state index contributed by atoms with van der Waals surface area (Å²) >= 11 is 3.61. The molecule has 1 amide bonds. The maximum atomic E-state index is 12.7. The minimum absolute atomic E-state index is 0.252. The zero-order valence-corrected chi connectivity index (χ0v) is 19.0. The van der Waals surface area contributed by atoms with Crippen molar-refractivity contribution in [2.75, 3.05) is 38.5 Å². The minimum Gasteiger partial charge on any atom is -0.478 e. The average Bonchev–Trinajstić information content (AvgIpc) is 3.03. The SMILES string of the molecule is Cc1cc2c(s1)SCCN(CCCCN1CCCCC1)C2=O.O=C(O)/C=C\C(=O)O. The monoisotopic (exact) mass is 454 g/mol. The maximum absolute atomic E-state index is 12.7. The fourth-order valence-corrected chi connectivity index (χ4v) is 5.85. The molecule has 7 nitrogen and oxygen atoms in total. The molecule has 0 atom stereocenters. The first-order valence-electron chi connectivity index (χ1n) is 10.3. The summed E-state index contributed by atoms with van der Waals surface area (Å²) in [6.07, 6.45) is 7.59. The summed E-state index contributed by atoms with van der Waals surface area (Å²) in [5.41, 5.74) is 0.945. The fraction of sp³-hybridized carbons (Fsp3) is 0.571. The molecule has 2 N–H and O–H groups in total. The summed E-state index contributed by atoms with van der Waals surface area (Å²) in [5, 5.41) is 15.6. The van der Waals surface area contributed by atoms with E-state index in [4.69, 9.17) is 10.2 Å². The van der Waals surface area contributed by atoms with Crippen molar-refractivity contribution in [2.45, 2.75) is 43.2 Å². The van der Waals surface area contributed by atoms with Gasteiger partial charge in [-0.25, -0.2) is 9.59 Å². The summed E-state index contributed by atoms with van der Waals surface area (Å²) < 4.78 is 1.22. The van der Waals surface area contributed by atoms with Gasteiger partial charge in [-0.05, 0) is 58.3 Å². The van der Waals surface area contributed by atoms with E-state index in [9.17, 15) is 14.4 Å². The molecule has 0 spiro atoms. The lowest BCUT2D eigenvalue weighted by atomic mass is 10.1. The first-order valence-corrected chi connectivity index (χ1v) is 12.1. The van der Waals surface area contributed by atoms with E-state index in [-0.39, 0.29) is 5.91 Å². The van der Waals surface area contributed by atoms with E-state index >= 15 is 0 Å². The number of carboxylic acid groups (broad SMARTS) is 2. The molecule has 30 heavy (non-hydrogen) atoms. The number of carbonyl (C=O) groups is 3. The normalized spacial score (nSPS) is 17.2. The smallest absolute Gasteiger partial charge is 0.328 e. The largest absolute Gasteiger partial charge is 0.478 e. The lowest BCUT2D eigenvalue weighted by molar-refractivity contribution is -0.134. The van der Waals surface area contributed by atoms with E-state index in [1.54, 1.807) is 11.3 Å². The standard InChI is InChI=1S/C17H26N2OS2.C4H4O4/c1-14-13-15-16(20)19(11-12-21-17(15)22-14)10-6-5-9-18-7-3-2-4-8-18;5-3(6)1-2-4(7)8/h13H,2-12H2,1H3;1-2H,(H,5,6)(H,7,8)/b;2-1-. The zero-order valence-electron chi connectivity index (χ0n) is 17.3. The van der Waals surface area contributed by atoms with E-state index in [2.05, 4.69) is 22.8 Å². The number of rotatable bonds is 7. The van der Waals surface area contributed by atoms with E-state index in [1.807, 2.05) is 11.8 Å². The molecule has 0 radical (unpaired) electrons. The minimum atomic E-state index is -1.26. The zero-order chi connectivity index (χ0) is 21.9. The number of likely N-dealkylation sites (tertiary alicyclic amines) is 1. The summed E-state index contributed by atoms with van der Waals surface area (Å²) in [7, 11) is 0. The predicted octanol–water partition coefficient (Wildman–Crippen LogP) is 3.58.